The zero-order valence-corrected chi connectivity index (χ0v) is 13.4. The molecule has 134 valence electrons. The van der Waals surface area contributed by atoms with Gasteiger partial charge in [0.2, 0.25) is 17.6 Å². The van der Waals surface area contributed by atoms with E-state index in [4.69, 9.17) is 9.84 Å². The van der Waals surface area contributed by atoms with Crippen LogP contribution in [0, 0.1) is 5.92 Å². The van der Waals surface area contributed by atoms with Gasteiger partial charge in [-0.15, -0.1) is 0 Å². The van der Waals surface area contributed by atoms with Crippen LogP contribution in [0.1, 0.15) is 20.1 Å². The van der Waals surface area contributed by atoms with Gasteiger partial charge >= 0.3 is 0 Å². The Hall–Kier alpha value is -2.66. The SMILES string of the molecule is CC(C)C(=O)Nc1nc2c(ncn2[C@@H]2O[C@H](CO)[C@H](F)C2=O)c(=O)[nH]1. The highest BCUT2D eigenvalue weighted by Gasteiger charge is 2.45. The number of aromatic nitrogens is 4. The van der Waals surface area contributed by atoms with Crippen molar-refractivity contribution in [2.24, 2.45) is 5.92 Å². The second-order valence-corrected chi connectivity index (χ2v) is 5.90. The lowest BCUT2D eigenvalue weighted by Crippen LogP contribution is -2.25. The number of hydrogen-bond acceptors (Lipinski definition) is 7. The number of aromatic amines is 1. The minimum absolute atomic E-state index is 0.0491. The van der Waals surface area contributed by atoms with Crippen molar-refractivity contribution < 1.29 is 23.8 Å². The molecule has 10 nitrogen and oxygen atoms in total. The molecule has 2 aromatic rings. The van der Waals surface area contributed by atoms with Crippen molar-refractivity contribution in [1.82, 2.24) is 19.5 Å². The van der Waals surface area contributed by atoms with Crippen LogP contribution in [0.5, 0.6) is 0 Å². The molecule has 0 aromatic carbocycles. The summed E-state index contributed by atoms with van der Waals surface area (Å²) < 4.78 is 20.1. The molecule has 11 heteroatoms. The Balaban J connectivity index is 2.03. The van der Waals surface area contributed by atoms with Crippen molar-refractivity contribution in [3.8, 4) is 0 Å². The molecule has 0 aliphatic carbocycles. The van der Waals surface area contributed by atoms with Crippen LogP contribution in [0.3, 0.4) is 0 Å². The minimum Gasteiger partial charge on any atom is -0.394 e. The molecule has 0 bridgehead atoms. The molecule has 1 saturated heterocycles. The number of Topliss-reactive ketones (excluding diaryl/α,β-unsaturated/α-hetero) is 1. The Bertz CT molecular complexity index is 891. The van der Waals surface area contributed by atoms with E-state index in [-0.39, 0.29) is 28.9 Å². The number of nitrogens with one attached hydrogen (secondary N) is 2. The van der Waals surface area contributed by atoms with Gasteiger partial charge in [-0.2, -0.15) is 4.98 Å². The quantitative estimate of drug-likeness (QED) is 0.674. The number of fused-ring (bicyclic) bond motifs is 1. The molecule has 1 amide bonds. The second kappa shape index (κ2) is 6.33. The smallest absolute Gasteiger partial charge is 0.280 e. The zero-order valence-electron chi connectivity index (χ0n) is 13.4. The summed E-state index contributed by atoms with van der Waals surface area (Å²) in [5.41, 5.74) is -0.780. The summed E-state index contributed by atoms with van der Waals surface area (Å²) in [6.07, 6.45) is -3.57. The van der Waals surface area contributed by atoms with Crippen LogP contribution in [-0.4, -0.2) is 55.2 Å². The van der Waals surface area contributed by atoms with E-state index in [1.165, 1.54) is 0 Å². The number of aliphatic hydroxyl groups is 1. The number of imidazole rings is 1. The Morgan fingerprint density at radius 3 is 2.84 bits per heavy atom. The molecule has 0 unspecified atom stereocenters. The Morgan fingerprint density at radius 2 is 2.24 bits per heavy atom. The van der Waals surface area contributed by atoms with Crippen LogP contribution in [0.25, 0.3) is 11.2 Å². The lowest BCUT2D eigenvalue weighted by atomic mass is 10.2. The van der Waals surface area contributed by atoms with E-state index in [1.54, 1.807) is 13.8 Å². The maximum absolute atomic E-state index is 13.8. The molecule has 2 aromatic heterocycles. The number of halogens is 1. The average Bonchev–Trinajstić information content (AvgIpc) is 3.10. The third-order valence-corrected chi connectivity index (χ3v) is 3.78. The summed E-state index contributed by atoms with van der Waals surface area (Å²) in [6, 6.07) is 0. The Morgan fingerprint density at radius 1 is 1.52 bits per heavy atom. The number of carbonyl (C=O) groups excluding carboxylic acids is 2. The van der Waals surface area contributed by atoms with Gasteiger partial charge in [0.15, 0.2) is 23.6 Å². The summed E-state index contributed by atoms with van der Waals surface area (Å²) in [6.45, 7) is 2.66. The highest BCUT2D eigenvalue weighted by Crippen LogP contribution is 2.29. The van der Waals surface area contributed by atoms with Gasteiger partial charge in [-0.25, -0.2) is 9.37 Å². The first-order chi connectivity index (χ1) is 11.8. The van der Waals surface area contributed by atoms with Gasteiger partial charge in [-0.1, -0.05) is 13.8 Å². The molecule has 3 atom stereocenters. The number of ether oxygens (including phenoxy) is 1. The standard InChI is InChI=1S/C14H16FN5O5/c1-5(2)11(23)18-14-17-10-8(12(24)19-14)16-4-20(10)13-9(22)7(15)6(3-21)25-13/h4-7,13,21H,3H2,1-2H3,(H2,17,18,19,23,24)/t6-,7+,13-/m1/s1. The summed E-state index contributed by atoms with van der Waals surface area (Å²) in [5.74, 6) is -1.75. The summed E-state index contributed by atoms with van der Waals surface area (Å²) >= 11 is 0. The molecule has 0 spiro atoms. The molecular weight excluding hydrogens is 337 g/mol. The summed E-state index contributed by atoms with van der Waals surface area (Å²) in [4.78, 5) is 46.1. The second-order valence-electron chi connectivity index (χ2n) is 5.90. The van der Waals surface area contributed by atoms with E-state index in [0.29, 0.717) is 0 Å². The van der Waals surface area contributed by atoms with E-state index >= 15 is 0 Å². The number of H-pyrrole nitrogens is 1. The summed E-state index contributed by atoms with van der Waals surface area (Å²) in [5, 5.41) is 11.5. The Kier molecular flexibility index (Phi) is 4.35. The maximum Gasteiger partial charge on any atom is 0.280 e. The van der Waals surface area contributed by atoms with Crippen molar-refractivity contribution in [3.63, 3.8) is 0 Å². The molecule has 1 aliphatic heterocycles. The number of nitrogens with zero attached hydrogens (tertiary/aromatic N) is 3. The van der Waals surface area contributed by atoms with E-state index in [1.807, 2.05) is 0 Å². The maximum atomic E-state index is 13.8. The summed E-state index contributed by atoms with van der Waals surface area (Å²) in [7, 11) is 0. The average molecular weight is 353 g/mol. The van der Waals surface area contributed by atoms with Crippen LogP contribution in [0.4, 0.5) is 10.3 Å². The van der Waals surface area contributed by atoms with Gasteiger partial charge in [0, 0.05) is 5.92 Å². The fourth-order valence-corrected chi connectivity index (χ4v) is 2.38. The van der Waals surface area contributed by atoms with Crippen molar-refractivity contribution in [3.05, 3.63) is 16.7 Å². The van der Waals surface area contributed by atoms with Crippen molar-refractivity contribution in [2.75, 3.05) is 11.9 Å². The van der Waals surface area contributed by atoms with Gasteiger partial charge in [0.05, 0.1) is 12.9 Å². The molecule has 1 aliphatic rings. The number of anilines is 1. The van der Waals surface area contributed by atoms with Crippen molar-refractivity contribution >= 4 is 28.8 Å². The minimum atomic E-state index is -1.99. The van der Waals surface area contributed by atoms with Crippen LogP contribution in [0.15, 0.2) is 11.1 Å². The predicted octanol–water partition coefficient (Wildman–Crippen LogP) is -0.489. The van der Waals surface area contributed by atoms with Crippen molar-refractivity contribution in [1.29, 1.82) is 0 Å². The van der Waals surface area contributed by atoms with Crippen molar-refractivity contribution in [2.45, 2.75) is 32.4 Å². The third-order valence-electron chi connectivity index (χ3n) is 3.78. The number of ketones is 1. The Labute approximate surface area is 140 Å². The predicted molar refractivity (Wildman–Crippen MR) is 82.5 cm³/mol. The number of rotatable bonds is 4. The molecule has 0 radical (unpaired) electrons. The zero-order chi connectivity index (χ0) is 18.3. The molecule has 25 heavy (non-hydrogen) atoms. The first-order valence-corrected chi connectivity index (χ1v) is 7.55. The van der Waals surface area contributed by atoms with E-state index in [9.17, 15) is 18.8 Å². The van der Waals surface area contributed by atoms with Gasteiger partial charge in [0.25, 0.3) is 5.56 Å². The number of carbonyl (C=O) groups is 2. The molecule has 3 rings (SSSR count). The monoisotopic (exact) mass is 353 g/mol. The van der Waals surface area contributed by atoms with Gasteiger partial charge in [-0.05, 0) is 0 Å². The van der Waals surface area contributed by atoms with E-state index in [0.717, 1.165) is 10.9 Å². The van der Waals surface area contributed by atoms with E-state index in [2.05, 4.69) is 20.3 Å². The molecule has 3 heterocycles. The number of hydrogen-bond donors (Lipinski definition) is 3. The number of aliphatic hydroxyl groups excluding tert-OH is 1. The molecule has 3 N–H and O–H groups in total. The lowest BCUT2D eigenvalue weighted by Gasteiger charge is -2.12. The van der Waals surface area contributed by atoms with E-state index < -0.39 is 36.5 Å². The normalized spacial score (nSPS) is 23.6. The molecule has 1 fully saturated rings. The first kappa shape index (κ1) is 17.2. The molecular formula is C14H16FN5O5. The largest absolute Gasteiger partial charge is 0.394 e. The number of alkyl halides is 1. The van der Waals surface area contributed by atoms with Crippen LogP contribution < -0.4 is 10.9 Å². The third kappa shape index (κ3) is 2.91. The van der Waals surface area contributed by atoms with Crippen LogP contribution in [0.2, 0.25) is 0 Å². The van der Waals surface area contributed by atoms with Gasteiger partial charge < -0.3 is 9.84 Å². The lowest BCUT2D eigenvalue weighted by molar-refractivity contribution is -0.128. The fourth-order valence-electron chi connectivity index (χ4n) is 2.38. The molecule has 0 saturated carbocycles. The van der Waals surface area contributed by atoms with Crippen LogP contribution in [-0.2, 0) is 14.3 Å². The first-order valence-electron chi connectivity index (χ1n) is 7.55. The topological polar surface area (TPSA) is 139 Å². The number of amides is 1. The van der Waals surface area contributed by atoms with Crippen LogP contribution >= 0.6 is 0 Å². The fraction of sp³-hybridized carbons (Fsp3) is 0.500. The van der Waals surface area contributed by atoms with Gasteiger partial charge in [-0.3, -0.25) is 29.3 Å². The van der Waals surface area contributed by atoms with Gasteiger partial charge in [0.1, 0.15) is 6.10 Å². The highest BCUT2D eigenvalue weighted by molar-refractivity contribution is 5.91. The highest BCUT2D eigenvalue weighted by atomic mass is 19.1.